The van der Waals surface area contributed by atoms with Crippen LogP contribution >= 0.6 is 0 Å². The summed E-state index contributed by atoms with van der Waals surface area (Å²) in [6.07, 6.45) is 1.71. The second-order valence-electron chi connectivity index (χ2n) is 5.54. The summed E-state index contributed by atoms with van der Waals surface area (Å²) in [4.78, 5) is 16.2. The molecule has 102 valence electrons. The van der Waals surface area contributed by atoms with Crippen LogP contribution in [0.15, 0.2) is 24.3 Å². The third-order valence-electron chi connectivity index (χ3n) is 4.45. The van der Waals surface area contributed by atoms with E-state index < -0.39 is 0 Å². The lowest BCUT2D eigenvalue weighted by Crippen LogP contribution is -2.51. The third-order valence-corrected chi connectivity index (χ3v) is 4.45. The maximum Gasteiger partial charge on any atom is 0.222 e. The lowest BCUT2D eigenvalue weighted by atomic mass is 10.0. The van der Waals surface area contributed by atoms with Crippen molar-refractivity contribution in [1.82, 2.24) is 9.80 Å². The fraction of sp³-hybridized carbons (Fsp3) is 0.533. The van der Waals surface area contributed by atoms with Gasteiger partial charge in [-0.3, -0.25) is 9.69 Å². The van der Waals surface area contributed by atoms with Gasteiger partial charge in [0.15, 0.2) is 0 Å². The van der Waals surface area contributed by atoms with Crippen molar-refractivity contribution >= 4 is 5.91 Å². The van der Waals surface area contributed by atoms with E-state index >= 15 is 0 Å². The molecule has 0 spiro atoms. The first-order chi connectivity index (χ1) is 9.15. The van der Waals surface area contributed by atoms with E-state index in [-0.39, 0.29) is 0 Å². The third kappa shape index (κ3) is 2.32. The molecule has 2 heterocycles. The normalized spacial score (nSPS) is 25.4. The molecule has 2 unspecified atom stereocenters. The Hall–Kier alpha value is -1.55. The summed E-state index contributed by atoms with van der Waals surface area (Å²) >= 11 is 0. The summed E-state index contributed by atoms with van der Waals surface area (Å²) < 4.78 is 0. The Labute approximate surface area is 113 Å². The topological polar surface area (TPSA) is 43.8 Å². The van der Waals surface area contributed by atoms with Crippen LogP contribution in [-0.4, -0.2) is 46.5 Å². The number of hydrogen-bond acceptors (Lipinski definition) is 3. The molecule has 3 rings (SSSR count). The van der Waals surface area contributed by atoms with Crippen LogP contribution in [0.5, 0.6) is 5.75 Å². The highest BCUT2D eigenvalue weighted by atomic mass is 16.3. The predicted molar refractivity (Wildman–Crippen MR) is 72.8 cm³/mol. The standard InChI is InChI=1S/C15H20N2O2/c1-11(12-2-5-14(18)6-3-12)16-8-9-17-13(10-16)4-7-15(17)19/h2-3,5-6,11,13,18H,4,7-10H2,1H3. The Balaban J connectivity index is 1.70. The Kier molecular flexibility index (Phi) is 3.19. The second kappa shape index (κ2) is 4.85. The summed E-state index contributed by atoms with van der Waals surface area (Å²) in [7, 11) is 0. The number of amides is 1. The first-order valence-corrected chi connectivity index (χ1v) is 6.97. The van der Waals surface area contributed by atoms with Gasteiger partial charge < -0.3 is 10.0 Å². The van der Waals surface area contributed by atoms with Crippen molar-refractivity contribution < 1.29 is 9.90 Å². The number of phenols is 1. The van der Waals surface area contributed by atoms with Crippen LogP contribution in [0.25, 0.3) is 0 Å². The van der Waals surface area contributed by atoms with E-state index in [2.05, 4.69) is 11.8 Å². The van der Waals surface area contributed by atoms with Gasteiger partial charge in [0.2, 0.25) is 5.91 Å². The van der Waals surface area contributed by atoms with Crippen LogP contribution in [0.1, 0.15) is 31.4 Å². The van der Waals surface area contributed by atoms with E-state index in [1.807, 2.05) is 17.0 Å². The van der Waals surface area contributed by atoms with Crippen LogP contribution in [-0.2, 0) is 4.79 Å². The molecule has 4 nitrogen and oxygen atoms in total. The molecule has 2 atom stereocenters. The summed E-state index contributed by atoms with van der Waals surface area (Å²) in [5.41, 5.74) is 1.22. The average Bonchev–Trinajstić information content (AvgIpc) is 2.80. The van der Waals surface area contributed by atoms with Gasteiger partial charge in [0.05, 0.1) is 0 Å². The summed E-state index contributed by atoms with van der Waals surface area (Å²) in [5, 5.41) is 9.34. The molecule has 0 radical (unpaired) electrons. The molecule has 0 aliphatic carbocycles. The lowest BCUT2D eigenvalue weighted by Gasteiger charge is -2.40. The van der Waals surface area contributed by atoms with E-state index in [0.717, 1.165) is 26.1 Å². The second-order valence-corrected chi connectivity index (χ2v) is 5.54. The highest BCUT2D eigenvalue weighted by Gasteiger charge is 2.36. The van der Waals surface area contributed by atoms with E-state index in [0.29, 0.717) is 30.2 Å². The van der Waals surface area contributed by atoms with Crippen molar-refractivity contribution in [2.75, 3.05) is 19.6 Å². The van der Waals surface area contributed by atoms with Crippen molar-refractivity contribution in [1.29, 1.82) is 0 Å². The minimum atomic E-state index is 0.308. The zero-order valence-corrected chi connectivity index (χ0v) is 11.2. The van der Waals surface area contributed by atoms with Crippen molar-refractivity contribution in [2.24, 2.45) is 0 Å². The number of hydrogen-bond donors (Lipinski definition) is 1. The fourth-order valence-corrected chi connectivity index (χ4v) is 3.20. The summed E-state index contributed by atoms with van der Waals surface area (Å²) in [6, 6.07) is 8.17. The highest BCUT2D eigenvalue weighted by Crippen LogP contribution is 2.29. The van der Waals surface area contributed by atoms with Crippen molar-refractivity contribution in [3.63, 3.8) is 0 Å². The van der Waals surface area contributed by atoms with E-state index in [4.69, 9.17) is 0 Å². The summed E-state index contributed by atoms with van der Waals surface area (Å²) in [5.74, 6) is 0.629. The highest BCUT2D eigenvalue weighted by molar-refractivity contribution is 5.78. The molecule has 2 aliphatic heterocycles. The number of piperazine rings is 1. The Morgan fingerprint density at radius 1 is 1.26 bits per heavy atom. The number of fused-ring (bicyclic) bond motifs is 1. The van der Waals surface area contributed by atoms with Gasteiger partial charge in [-0.25, -0.2) is 0 Å². The maximum atomic E-state index is 11.7. The van der Waals surface area contributed by atoms with Crippen LogP contribution < -0.4 is 0 Å². The van der Waals surface area contributed by atoms with Crippen molar-refractivity contribution in [2.45, 2.75) is 31.8 Å². The Bertz CT molecular complexity index is 472. The number of carbonyl (C=O) groups is 1. The minimum Gasteiger partial charge on any atom is -0.508 e. The molecule has 0 aromatic heterocycles. The molecule has 0 saturated carbocycles. The summed E-state index contributed by atoms with van der Waals surface area (Å²) in [6.45, 7) is 4.95. The van der Waals surface area contributed by atoms with Gasteiger partial charge in [0, 0.05) is 38.1 Å². The van der Waals surface area contributed by atoms with Crippen molar-refractivity contribution in [3.05, 3.63) is 29.8 Å². The van der Waals surface area contributed by atoms with Gasteiger partial charge in [-0.1, -0.05) is 12.1 Å². The number of phenolic OH excluding ortho intramolecular Hbond substituents is 1. The molecule has 1 aromatic carbocycles. The molecular weight excluding hydrogens is 240 g/mol. The minimum absolute atomic E-state index is 0.308. The fourth-order valence-electron chi connectivity index (χ4n) is 3.20. The van der Waals surface area contributed by atoms with E-state index in [9.17, 15) is 9.90 Å². The quantitative estimate of drug-likeness (QED) is 0.881. The van der Waals surface area contributed by atoms with Crippen molar-refractivity contribution in [3.8, 4) is 5.75 Å². The van der Waals surface area contributed by atoms with Gasteiger partial charge in [0.1, 0.15) is 5.75 Å². The Morgan fingerprint density at radius 2 is 2.00 bits per heavy atom. The molecule has 4 heteroatoms. The van der Waals surface area contributed by atoms with Crippen LogP contribution in [0.3, 0.4) is 0 Å². The molecule has 19 heavy (non-hydrogen) atoms. The number of benzene rings is 1. The van der Waals surface area contributed by atoms with E-state index in [1.54, 1.807) is 12.1 Å². The number of rotatable bonds is 2. The molecule has 0 bridgehead atoms. The largest absolute Gasteiger partial charge is 0.508 e. The van der Waals surface area contributed by atoms with Crippen LogP contribution in [0.4, 0.5) is 0 Å². The molecule has 1 N–H and O–H groups in total. The number of nitrogens with zero attached hydrogens (tertiary/aromatic N) is 2. The van der Waals surface area contributed by atoms with Crippen LogP contribution in [0, 0.1) is 0 Å². The zero-order chi connectivity index (χ0) is 13.4. The Morgan fingerprint density at radius 3 is 2.74 bits per heavy atom. The molecule has 2 aliphatic rings. The smallest absolute Gasteiger partial charge is 0.222 e. The SMILES string of the molecule is CC(c1ccc(O)cc1)N1CCN2C(=O)CCC2C1. The zero-order valence-electron chi connectivity index (χ0n) is 11.2. The number of carbonyl (C=O) groups excluding carboxylic acids is 1. The molecule has 1 aromatic rings. The molecule has 2 fully saturated rings. The molecule has 1 amide bonds. The predicted octanol–water partition coefficient (Wildman–Crippen LogP) is 1.76. The van der Waals surface area contributed by atoms with Gasteiger partial charge in [-0.05, 0) is 31.0 Å². The molecular formula is C15H20N2O2. The first kappa shape index (κ1) is 12.5. The number of aromatic hydroxyl groups is 1. The van der Waals surface area contributed by atoms with Gasteiger partial charge >= 0.3 is 0 Å². The van der Waals surface area contributed by atoms with Gasteiger partial charge in [0.25, 0.3) is 0 Å². The molecule has 2 saturated heterocycles. The average molecular weight is 260 g/mol. The van der Waals surface area contributed by atoms with Crippen LogP contribution in [0.2, 0.25) is 0 Å². The maximum absolute atomic E-state index is 11.7. The first-order valence-electron chi connectivity index (χ1n) is 6.97. The monoisotopic (exact) mass is 260 g/mol. The van der Waals surface area contributed by atoms with Gasteiger partial charge in [-0.2, -0.15) is 0 Å². The van der Waals surface area contributed by atoms with E-state index in [1.165, 1.54) is 5.56 Å². The lowest BCUT2D eigenvalue weighted by molar-refractivity contribution is -0.131. The van der Waals surface area contributed by atoms with Gasteiger partial charge in [-0.15, -0.1) is 0 Å².